The summed E-state index contributed by atoms with van der Waals surface area (Å²) in [5.74, 6) is -0.126. The standard InChI is InChI=1S/C16H18N2O2S/c1-11-3-5-13(6-4-11)14(19)7-8-15(20)17-9-16-18-12(2)10-21-16/h3-6,10H,7-9H2,1-2H3,(H,17,20). The van der Waals surface area contributed by atoms with Gasteiger partial charge in [-0.1, -0.05) is 29.8 Å². The maximum absolute atomic E-state index is 11.9. The van der Waals surface area contributed by atoms with Gasteiger partial charge in [0.15, 0.2) is 5.78 Å². The van der Waals surface area contributed by atoms with Crippen LogP contribution in [0.3, 0.4) is 0 Å². The normalized spacial score (nSPS) is 10.4. The molecular formula is C16H18N2O2S. The molecule has 0 aliphatic rings. The third-order valence-electron chi connectivity index (χ3n) is 3.06. The van der Waals surface area contributed by atoms with Gasteiger partial charge in [-0.05, 0) is 13.8 Å². The van der Waals surface area contributed by atoms with Crippen LogP contribution in [-0.2, 0) is 11.3 Å². The van der Waals surface area contributed by atoms with E-state index >= 15 is 0 Å². The zero-order valence-electron chi connectivity index (χ0n) is 12.2. The second kappa shape index (κ2) is 7.13. The lowest BCUT2D eigenvalue weighted by Crippen LogP contribution is -2.23. The minimum absolute atomic E-state index is 0.00440. The van der Waals surface area contributed by atoms with Crippen molar-refractivity contribution in [2.24, 2.45) is 0 Å². The van der Waals surface area contributed by atoms with Gasteiger partial charge in [-0.25, -0.2) is 4.98 Å². The molecule has 0 radical (unpaired) electrons. The smallest absolute Gasteiger partial charge is 0.220 e. The van der Waals surface area contributed by atoms with Gasteiger partial charge in [0.25, 0.3) is 0 Å². The lowest BCUT2D eigenvalue weighted by molar-refractivity contribution is -0.121. The Morgan fingerprint density at radius 1 is 1.14 bits per heavy atom. The van der Waals surface area contributed by atoms with E-state index in [0.717, 1.165) is 16.3 Å². The summed E-state index contributed by atoms with van der Waals surface area (Å²) in [7, 11) is 0. The fourth-order valence-electron chi connectivity index (χ4n) is 1.86. The Bertz CT molecular complexity index is 632. The number of carbonyl (C=O) groups excluding carboxylic acids is 2. The highest BCUT2D eigenvalue weighted by Crippen LogP contribution is 2.09. The highest BCUT2D eigenvalue weighted by Gasteiger charge is 2.09. The summed E-state index contributed by atoms with van der Waals surface area (Å²) < 4.78 is 0. The second-order valence-corrected chi connectivity index (χ2v) is 5.89. The van der Waals surface area contributed by atoms with E-state index in [0.29, 0.717) is 12.1 Å². The predicted octanol–water partition coefficient (Wildman–Crippen LogP) is 3.04. The van der Waals surface area contributed by atoms with Crippen LogP contribution in [0.15, 0.2) is 29.6 Å². The molecule has 1 amide bonds. The third-order valence-corrected chi connectivity index (χ3v) is 4.02. The van der Waals surface area contributed by atoms with Crippen molar-refractivity contribution < 1.29 is 9.59 Å². The number of thiazole rings is 1. The van der Waals surface area contributed by atoms with Crippen LogP contribution in [0, 0.1) is 13.8 Å². The monoisotopic (exact) mass is 302 g/mol. The van der Waals surface area contributed by atoms with Gasteiger partial charge in [-0.3, -0.25) is 9.59 Å². The van der Waals surface area contributed by atoms with E-state index in [2.05, 4.69) is 10.3 Å². The largest absolute Gasteiger partial charge is 0.350 e. The van der Waals surface area contributed by atoms with Crippen molar-refractivity contribution >= 4 is 23.0 Å². The van der Waals surface area contributed by atoms with Crippen molar-refractivity contribution in [1.29, 1.82) is 0 Å². The number of rotatable bonds is 6. The number of Topliss-reactive ketones (excluding diaryl/α,β-unsaturated/α-hetero) is 1. The number of carbonyl (C=O) groups is 2. The summed E-state index contributed by atoms with van der Waals surface area (Å²) in [4.78, 5) is 27.9. The van der Waals surface area contributed by atoms with Gasteiger partial charge in [0.05, 0.1) is 6.54 Å². The lowest BCUT2D eigenvalue weighted by atomic mass is 10.1. The van der Waals surface area contributed by atoms with Gasteiger partial charge in [0.1, 0.15) is 5.01 Å². The zero-order valence-corrected chi connectivity index (χ0v) is 13.0. The number of aryl methyl sites for hydroxylation is 2. The van der Waals surface area contributed by atoms with Crippen LogP contribution in [-0.4, -0.2) is 16.7 Å². The van der Waals surface area contributed by atoms with Crippen molar-refractivity contribution in [2.75, 3.05) is 0 Å². The number of aromatic nitrogens is 1. The Kier molecular flexibility index (Phi) is 5.22. The van der Waals surface area contributed by atoms with Gasteiger partial charge in [-0.2, -0.15) is 0 Å². The topological polar surface area (TPSA) is 59.1 Å². The van der Waals surface area contributed by atoms with E-state index < -0.39 is 0 Å². The first kappa shape index (κ1) is 15.4. The number of hydrogen-bond donors (Lipinski definition) is 1. The van der Waals surface area contributed by atoms with Crippen LogP contribution >= 0.6 is 11.3 Å². The average molecular weight is 302 g/mol. The van der Waals surface area contributed by atoms with Gasteiger partial charge in [-0.15, -0.1) is 11.3 Å². The molecule has 0 saturated heterocycles. The molecule has 0 bridgehead atoms. The molecule has 2 aromatic rings. The molecule has 1 aromatic heterocycles. The maximum atomic E-state index is 11.9. The van der Waals surface area contributed by atoms with E-state index in [-0.39, 0.29) is 24.5 Å². The van der Waals surface area contributed by atoms with Gasteiger partial charge in [0, 0.05) is 29.5 Å². The molecule has 2 rings (SSSR count). The van der Waals surface area contributed by atoms with Crippen molar-refractivity contribution in [3.8, 4) is 0 Å². The van der Waals surface area contributed by atoms with Gasteiger partial charge < -0.3 is 5.32 Å². The van der Waals surface area contributed by atoms with E-state index in [1.165, 1.54) is 11.3 Å². The molecule has 0 atom stereocenters. The first-order chi connectivity index (χ1) is 10.0. The highest BCUT2D eigenvalue weighted by molar-refractivity contribution is 7.09. The summed E-state index contributed by atoms with van der Waals surface area (Å²) in [5, 5.41) is 5.61. The molecule has 110 valence electrons. The lowest BCUT2D eigenvalue weighted by Gasteiger charge is -2.03. The van der Waals surface area contributed by atoms with Crippen LogP contribution in [0.5, 0.6) is 0 Å². The van der Waals surface area contributed by atoms with E-state index in [1.54, 1.807) is 12.1 Å². The summed E-state index contributed by atoms with van der Waals surface area (Å²) in [6.45, 7) is 4.32. The molecule has 0 fully saturated rings. The molecule has 0 unspecified atom stereocenters. The van der Waals surface area contributed by atoms with Crippen molar-refractivity contribution in [2.45, 2.75) is 33.2 Å². The molecule has 1 N–H and O–H groups in total. The fraction of sp³-hybridized carbons (Fsp3) is 0.312. The Labute approximate surface area is 128 Å². The number of benzene rings is 1. The minimum atomic E-state index is -0.122. The Balaban J connectivity index is 1.75. The van der Waals surface area contributed by atoms with Crippen LogP contribution < -0.4 is 5.32 Å². The molecule has 5 heteroatoms. The van der Waals surface area contributed by atoms with Crippen molar-refractivity contribution in [3.05, 3.63) is 51.5 Å². The number of nitrogens with zero attached hydrogens (tertiary/aromatic N) is 1. The van der Waals surface area contributed by atoms with Gasteiger partial charge >= 0.3 is 0 Å². The van der Waals surface area contributed by atoms with Crippen LogP contribution in [0.1, 0.15) is 39.5 Å². The maximum Gasteiger partial charge on any atom is 0.220 e. The molecular weight excluding hydrogens is 284 g/mol. The first-order valence-electron chi connectivity index (χ1n) is 6.82. The number of hydrogen-bond acceptors (Lipinski definition) is 4. The molecule has 0 saturated carbocycles. The molecule has 4 nitrogen and oxygen atoms in total. The summed E-state index contributed by atoms with van der Waals surface area (Å²) in [6, 6.07) is 7.40. The van der Waals surface area contributed by atoms with Crippen LogP contribution in [0.2, 0.25) is 0 Å². The zero-order chi connectivity index (χ0) is 15.2. The third kappa shape index (κ3) is 4.79. The molecule has 0 aliphatic heterocycles. The van der Waals surface area contributed by atoms with Crippen molar-refractivity contribution in [1.82, 2.24) is 10.3 Å². The van der Waals surface area contributed by atoms with Crippen LogP contribution in [0.25, 0.3) is 0 Å². The SMILES string of the molecule is Cc1ccc(C(=O)CCC(=O)NCc2nc(C)cs2)cc1. The van der Waals surface area contributed by atoms with Crippen molar-refractivity contribution in [3.63, 3.8) is 0 Å². The first-order valence-corrected chi connectivity index (χ1v) is 7.70. The van der Waals surface area contributed by atoms with E-state index in [1.807, 2.05) is 31.4 Å². The highest BCUT2D eigenvalue weighted by atomic mass is 32.1. The molecule has 21 heavy (non-hydrogen) atoms. The predicted molar refractivity (Wildman–Crippen MR) is 83.4 cm³/mol. The quantitative estimate of drug-likeness (QED) is 0.834. The molecule has 1 aromatic carbocycles. The summed E-state index contributed by atoms with van der Waals surface area (Å²) >= 11 is 1.52. The van der Waals surface area contributed by atoms with Crippen LogP contribution in [0.4, 0.5) is 0 Å². The van der Waals surface area contributed by atoms with E-state index in [9.17, 15) is 9.59 Å². The molecule has 0 aliphatic carbocycles. The fourth-order valence-corrected chi connectivity index (χ4v) is 2.57. The van der Waals surface area contributed by atoms with Gasteiger partial charge in [0.2, 0.25) is 5.91 Å². The summed E-state index contributed by atoms with van der Waals surface area (Å²) in [6.07, 6.45) is 0.433. The average Bonchev–Trinajstić information content (AvgIpc) is 2.89. The Morgan fingerprint density at radius 3 is 2.48 bits per heavy atom. The van der Waals surface area contributed by atoms with E-state index in [4.69, 9.17) is 0 Å². The second-order valence-electron chi connectivity index (χ2n) is 4.95. The Morgan fingerprint density at radius 2 is 1.86 bits per heavy atom. The molecule has 0 spiro atoms. The number of amides is 1. The minimum Gasteiger partial charge on any atom is -0.350 e. The number of ketones is 1. The number of nitrogens with one attached hydrogen (secondary N) is 1. The molecule has 1 heterocycles. The Hall–Kier alpha value is -2.01. The summed E-state index contributed by atoms with van der Waals surface area (Å²) in [5.41, 5.74) is 2.73.